The number of nitrogens with one attached hydrogen (secondary N) is 2. The molecule has 0 bridgehead atoms. The summed E-state index contributed by atoms with van der Waals surface area (Å²) >= 11 is 0. The number of halogens is 4. The molecular formula is C12H22ClF3N4O2. The summed E-state index contributed by atoms with van der Waals surface area (Å²) in [5, 5.41) is 3.45. The van der Waals surface area contributed by atoms with Crippen molar-refractivity contribution in [3.8, 4) is 0 Å². The molecule has 4 N–H and O–H groups in total. The Morgan fingerprint density at radius 2 is 2.00 bits per heavy atom. The van der Waals surface area contributed by atoms with Crippen LogP contribution in [0.3, 0.4) is 0 Å². The lowest BCUT2D eigenvalue weighted by atomic mass is 9.90. The van der Waals surface area contributed by atoms with Crippen LogP contribution >= 0.6 is 12.4 Å². The molecule has 0 aliphatic carbocycles. The number of urea groups is 1. The van der Waals surface area contributed by atoms with Gasteiger partial charge in [0, 0.05) is 19.5 Å². The SMILES string of the molecule is CC1(CN)CCN(CCC(=O)NC(=O)NCC(F)(F)F)C1.Cl. The molecule has 1 atom stereocenters. The highest BCUT2D eigenvalue weighted by Gasteiger charge is 2.32. The van der Waals surface area contributed by atoms with Gasteiger partial charge < -0.3 is 16.0 Å². The molecule has 0 aromatic rings. The maximum absolute atomic E-state index is 11.9. The van der Waals surface area contributed by atoms with Gasteiger partial charge in [-0.3, -0.25) is 10.1 Å². The summed E-state index contributed by atoms with van der Waals surface area (Å²) in [6.45, 7) is 3.21. The molecule has 0 radical (unpaired) electrons. The number of rotatable bonds is 5. The van der Waals surface area contributed by atoms with E-state index in [9.17, 15) is 22.8 Å². The van der Waals surface area contributed by atoms with Gasteiger partial charge in [-0.1, -0.05) is 6.92 Å². The zero-order chi connectivity index (χ0) is 16.1. The van der Waals surface area contributed by atoms with Gasteiger partial charge in [0.25, 0.3) is 0 Å². The molecule has 1 aliphatic rings. The molecule has 0 saturated carbocycles. The van der Waals surface area contributed by atoms with Crippen molar-refractivity contribution in [2.24, 2.45) is 11.1 Å². The van der Waals surface area contributed by atoms with Crippen molar-refractivity contribution in [3.05, 3.63) is 0 Å². The maximum atomic E-state index is 11.9. The van der Waals surface area contributed by atoms with E-state index in [4.69, 9.17) is 5.73 Å². The van der Waals surface area contributed by atoms with Crippen molar-refractivity contribution >= 4 is 24.3 Å². The molecule has 1 fully saturated rings. The molecule has 1 unspecified atom stereocenters. The summed E-state index contributed by atoms with van der Waals surface area (Å²) in [4.78, 5) is 24.6. The predicted molar refractivity (Wildman–Crippen MR) is 77.7 cm³/mol. The van der Waals surface area contributed by atoms with Gasteiger partial charge in [0.1, 0.15) is 6.54 Å². The minimum atomic E-state index is -4.50. The second-order valence-corrected chi connectivity index (χ2v) is 5.64. The molecule has 1 rings (SSSR count). The number of nitrogens with zero attached hydrogens (tertiary/aromatic N) is 1. The maximum Gasteiger partial charge on any atom is 0.405 e. The van der Waals surface area contributed by atoms with Crippen molar-refractivity contribution < 1.29 is 22.8 Å². The van der Waals surface area contributed by atoms with E-state index in [1.165, 1.54) is 0 Å². The van der Waals surface area contributed by atoms with E-state index in [1.54, 1.807) is 5.32 Å². The monoisotopic (exact) mass is 346 g/mol. The Morgan fingerprint density at radius 3 is 2.50 bits per heavy atom. The average molecular weight is 347 g/mol. The van der Waals surface area contributed by atoms with E-state index in [2.05, 4.69) is 11.8 Å². The number of hydrogen-bond acceptors (Lipinski definition) is 4. The lowest BCUT2D eigenvalue weighted by Gasteiger charge is -2.22. The number of carbonyl (C=O) groups excluding carboxylic acids is 2. The van der Waals surface area contributed by atoms with Crippen molar-refractivity contribution in [1.82, 2.24) is 15.5 Å². The lowest BCUT2D eigenvalue weighted by Crippen LogP contribution is -2.44. The van der Waals surface area contributed by atoms with E-state index in [0.717, 1.165) is 19.5 Å². The van der Waals surface area contributed by atoms with Crippen molar-refractivity contribution in [3.63, 3.8) is 0 Å². The minimum Gasteiger partial charge on any atom is -0.330 e. The van der Waals surface area contributed by atoms with Gasteiger partial charge in [-0.25, -0.2) is 4.79 Å². The quantitative estimate of drug-likeness (QED) is 0.689. The van der Waals surface area contributed by atoms with Gasteiger partial charge in [0.15, 0.2) is 0 Å². The van der Waals surface area contributed by atoms with Crippen LogP contribution in [0.2, 0.25) is 0 Å². The lowest BCUT2D eigenvalue weighted by molar-refractivity contribution is -0.124. The van der Waals surface area contributed by atoms with Crippen LogP contribution < -0.4 is 16.4 Å². The Bertz CT molecular complexity index is 395. The molecular weight excluding hydrogens is 325 g/mol. The highest BCUT2D eigenvalue weighted by atomic mass is 35.5. The molecule has 0 aromatic carbocycles. The van der Waals surface area contributed by atoms with Crippen LogP contribution in [-0.2, 0) is 4.79 Å². The Morgan fingerprint density at radius 1 is 1.36 bits per heavy atom. The Labute approximate surface area is 133 Å². The zero-order valence-electron chi connectivity index (χ0n) is 12.3. The highest BCUT2D eigenvalue weighted by molar-refractivity contribution is 5.94. The van der Waals surface area contributed by atoms with Crippen molar-refractivity contribution in [1.29, 1.82) is 0 Å². The first-order valence-corrected chi connectivity index (χ1v) is 6.70. The Balaban J connectivity index is 0.00000441. The number of hydrogen-bond donors (Lipinski definition) is 3. The fraction of sp³-hybridized carbons (Fsp3) is 0.833. The second-order valence-electron chi connectivity index (χ2n) is 5.64. The molecule has 130 valence electrons. The molecule has 3 amide bonds. The number of carbonyl (C=O) groups is 2. The summed E-state index contributed by atoms with van der Waals surface area (Å²) in [6, 6.07) is -1.13. The van der Waals surface area contributed by atoms with Crippen LogP contribution in [-0.4, -0.2) is 55.7 Å². The van der Waals surface area contributed by atoms with Gasteiger partial charge in [0.05, 0.1) is 0 Å². The Kier molecular flexibility index (Phi) is 8.13. The third-order valence-electron chi connectivity index (χ3n) is 3.49. The third kappa shape index (κ3) is 7.81. The fourth-order valence-corrected chi connectivity index (χ4v) is 2.16. The smallest absolute Gasteiger partial charge is 0.330 e. The molecule has 0 spiro atoms. The number of likely N-dealkylation sites (tertiary alicyclic amines) is 1. The van der Waals surface area contributed by atoms with Gasteiger partial charge in [-0.15, -0.1) is 12.4 Å². The summed E-state index contributed by atoms with van der Waals surface area (Å²) < 4.78 is 35.6. The second kappa shape index (κ2) is 8.54. The van der Waals surface area contributed by atoms with Crippen LogP contribution in [0.4, 0.5) is 18.0 Å². The van der Waals surface area contributed by atoms with Gasteiger partial charge in [0.2, 0.25) is 5.91 Å². The number of amides is 3. The first-order valence-electron chi connectivity index (χ1n) is 6.70. The summed E-state index contributed by atoms with van der Waals surface area (Å²) in [7, 11) is 0. The van der Waals surface area contributed by atoms with Crippen molar-refractivity contribution in [2.75, 3.05) is 32.7 Å². The van der Waals surface area contributed by atoms with Gasteiger partial charge in [-0.2, -0.15) is 13.2 Å². The summed E-state index contributed by atoms with van der Waals surface area (Å²) in [5.41, 5.74) is 5.71. The number of imide groups is 1. The summed E-state index contributed by atoms with van der Waals surface area (Å²) in [5.74, 6) is -0.601. The highest BCUT2D eigenvalue weighted by Crippen LogP contribution is 2.28. The van der Waals surface area contributed by atoms with Crippen LogP contribution in [0.25, 0.3) is 0 Å². The largest absolute Gasteiger partial charge is 0.405 e. The van der Waals surface area contributed by atoms with E-state index in [1.807, 2.05) is 5.32 Å². The van der Waals surface area contributed by atoms with Crippen LogP contribution in [0.1, 0.15) is 19.8 Å². The van der Waals surface area contributed by atoms with Crippen LogP contribution in [0.5, 0.6) is 0 Å². The van der Waals surface area contributed by atoms with E-state index >= 15 is 0 Å². The first kappa shape index (κ1) is 20.9. The minimum absolute atomic E-state index is 0. The molecule has 1 saturated heterocycles. The molecule has 22 heavy (non-hydrogen) atoms. The Hall–Kier alpha value is -1.06. The van der Waals surface area contributed by atoms with E-state index < -0.39 is 24.7 Å². The van der Waals surface area contributed by atoms with Gasteiger partial charge in [-0.05, 0) is 24.9 Å². The molecule has 1 aliphatic heterocycles. The topological polar surface area (TPSA) is 87.5 Å². The molecule has 6 nitrogen and oxygen atoms in total. The summed E-state index contributed by atoms with van der Waals surface area (Å²) in [6.07, 6.45) is -3.50. The van der Waals surface area contributed by atoms with E-state index in [0.29, 0.717) is 13.1 Å². The fourth-order valence-electron chi connectivity index (χ4n) is 2.16. The predicted octanol–water partition coefficient (Wildman–Crippen LogP) is 0.857. The van der Waals surface area contributed by atoms with Crippen LogP contribution in [0.15, 0.2) is 0 Å². The standard InChI is InChI=1S/C12H21F3N4O2.ClH/c1-11(6-16)3-5-19(8-11)4-2-9(20)18-10(21)17-7-12(13,14)15;/h2-8,16H2,1H3,(H2,17,18,20,21);1H. The third-order valence-corrected chi connectivity index (χ3v) is 3.49. The first-order chi connectivity index (χ1) is 9.63. The molecule has 1 heterocycles. The molecule has 0 aromatic heterocycles. The van der Waals surface area contributed by atoms with Crippen LogP contribution in [0, 0.1) is 5.41 Å². The number of nitrogens with two attached hydrogens (primary N) is 1. The number of alkyl halides is 3. The average Bonchev–Trinajstić information content (AvgIpc) is 2.76. The van der Waals surface area contributed by atoms with E-state index in [-0.39, 0.29) is 24.2 Å². The normalized spacial score (nSPS) is 22.0. The van der Waals surface area contributed by atoms with Gasteiger partial charge >= 0.3 is 12.2 Å². The van der Waals surface area contributed by atoms with Crippen molar-refractivity contribution in [2.45, 2.75) is 25.9 Å². The molecule has 10 heteroatoms. The zero-order valence-corrected chi connectivity index (χ0v) is 13.1.